The normalized spacial score (nSPS) is 11.0. The van der Waals surface area contributed by atoms with E-state index in [9.17, 15) is 13.2 Å². The first kappa shape index (κ1) is 16.8. The van der Waals surface area contributed by atoms with Crippen molar-refractivity contribution in [1.29, 1.82) is 0 Å². The molecule has 0 fully saturated rings. The average Bonchev–Trinajstić information content (AvgIpc) is 2.49. The minimum absolute atomic E-state index is 0.000615. The summed E-state index contributed by atoms with van der Waals surface area (Å²) < 4.78 is 33.3. The third-order valence-corrected chi connectivity index (χ3v) is 5.11. The van der Waals surface area contributed by atoms with Gasteiger partial charge in [0.2, 0.25) is 0 Å². The summed E-state index contributed by atoms with van der Waals surface area (Å²) in [6, 6.07) is 11.3. The van der Waals surface area contributed by atoms with Crippen LogP contribution < -0.4 is 4.72 Å². The number of ether oxygens (including phenoxy) is 1. The van der Waals surface area contributed by atoms with Crippen molar-refractivity contribution in [2.24, 2.45) is 0 Å². The molecule has 0 bridgehead atoms. The molecule has 0 atom stereocenters. The van der Waals surface area contributed by atoms with Gasteiger partial charge in [-0.25, -0.2) is 13.2 Å². The molecule has 0 aliphatic heterocycles. The Hall–Kier alpha value is -1.61. The van der Waals surface area contributed by atoms with Gasteiger partial charge in [-0.05, 0) is 65.4 Å². The van der Waals surface area contributed by atoms with E-state index in [0.29, 0.717) is 5.69 Å². The summed E-state index contributed by atoms with van der Waals surface area (Å²) in [6.07, 6.45) is 0. The number of carbonyl (C=O) groups is 1. The maximum atomic E-state index is 12.6. The molecule has 7 heteroatoms. The van der Waals surface area contributed by atoms with Crippen LogP contribution in [-0.2, 0) is 14.8 Å². The van der Waals surface area contributed by atoms with Gasteiger partial charge in [0.25, 0.3) is 10.0 Å². The molecule has 2 aromatic rings. The largest absolute Gasteiger partial charge is 0.465 e. The Labute approximate surface area is 142 Å². The molecule has 0 aromatic heterocycles. The molecule has 0 saturated carbocycles. The number of hydrogen-bond donors (Lipinski definition) is 1. The Bertz CT molecular complexity index is 818. The molecule has 0 amide bonds. The molecule has 0 radical (unpaired) electrons. The zero-order chi connectivity index (χ0) is 16.3. The Kier molecular flexibility index (Phi) is 5.07. The predicted molar refractivity (Wildman–Crippen MR) is 92.5 cm³/mol. The number of carbonyl (C=O) groups excluding carboxylic acids is 1. The standard InChI is InChI=1S/C15H14INO4S/c1-10-9-11(16)7-8-13(10)17-22(19,20)14-6-4-3-5-12(14)15(18)21-2/h3-9,17H,1-2H3. The average molecular weight is 431 g/mol. The van der Waals surface area contributed by atoms with Gasteiger partial charge in [0.15, 0.2) is 0 Å². The number of rotatable bonds is 4. The molecule has 2 rings (SSSR count). The van der Waals surface area contributed by atoms with Crippen molar-refractivity contribution in [3.8, 4) is 0 Å². The van der Waals surface area contributed by atoms with Crippen LogP contribution in [0.15, 0.2) is 47.4 Å². The monoisotopic (exact) mass is 431 g/mol. The second kappa shape index (κ2) is 6.66. The Morgan fingerprint density at radius 2 is 1.86 bits per heavy atom. The summed E-state index contributed by atoms with van der Waals surface area (Å²) in [4.78, 5) is 11.6. The van der Waals surface area contributed by atoms with Gasteiger partial charge in [0.1, 0.15) is 4.90 Å². The first-order valence-electron chi connectivity index (χ1n) is 6.31. The highest BCUT2D eigenvalue weighted by Crippen LogP contribution is 2.23. The molecule has 1 N–H and O–H groups in total. The van der Waals surface area contributed by atoms with E-state index < -0.39 is 16.0 Å². The minimum atomic E-state index is -3.89. The number of esters is 1. The van der Waals surface area contributed by atoms with E-state index >= 15 is 0 Å². The number of sulfonamides is 1. The van der Waals surface area contributed by atoms with Crippen LogP contribution in [0.5, 0.6) is 0 Å². The van der Waals surface area contributed by atoms with Crippen LogP contribution in [0.3, 0.4) is 0 Å². The summed E-state index contributed by atoms with van der Waals surface area (Å²) in [5, 5.41) is 0. The summed E-state index contributed by atoms with van der Waals surface area (Å²) in [7, 11) is -2.68. The first-order chi connectivity index (χ1) is 10.3. The van der Waals surface area contributed by atoms with Crippen molar-refractivity contribution < 1.29 is 17.9 Å². The van der Waals surface area contributed by atoms with Crippen molar-refractivity contribution in [1.82, 2.24) is 0 Å². The second-order valence-corrected chi connectivity index (χ2v) is 7.45. The lowest BCUT2D eigenvalue weighted by Gasteiger charge is -2.13. The van der Waals surface area contributed by atoms with Gasteiger partial charge >= 0.3 is 5.97 Å². The summed E-state index contributed by atoms with van der Waals surface area (Å²) in [5.74, 6) is -0.694. The molecular formula is C15H14INO4S. The van der Waals surface area contributed by atoms with E-state index in [1.165, 1.54) is 19.2 Å². The van der Waals surface area contributed by atoms with E-state index in [2.05, 4.69) is 32.0 Å². The fraction of sp³-hybridized carbons (Fsp3) is 0.133. The molecule has 116 valence electrons. The minimum Gasteiger partial charge on any atom is -0.465 e. The van der Waals surface area contributed by atoms with E-state index in [-0.39, 0.29) is 10.5 Å². The Morgan fingerprint density at radius 3 is 2.50 bits per heavy atom. The number of nitrogens with one attached hydrogen (secondary N) is 1. The fourth-order valence-electron chi connectivity index (χ4n) is 1.92. The van der Waals surface area contributed by atoms with Gasteiger partial charge in [-0.3, -0.25) is 4.72 Å². The summed E-state index contributed by atoms with van der Waals surface area (Å²) in [6.45, 7) is 1.81. The van der Waals surface area contributed by atoms with Crippen LogP contribution in [0.4, 0.5) is 5.69 Å². The second-order valence-electron chi connectivity index (χ2n) is 4.55. The molecule has 5 nitrogen and oxygen atoms in total. The number of aryl methyl sites for hydroxylation is 1. The van der Waals surface area contributed by atoms with Gasteiger partial charge in [-0.1, -0.05) is 12.1 Å². The highest BCUT2D eigenvalue weighted by atomic mass is 127. The molecular weight excluding hydrogens is 417 g/mol. The van der Waals surface area contributed by atoms with Crippen molar-refractivity contribution >= 4 is 44.3 Å². The Morgan fingerprint density at radius 1 is 1.18 bits per heavy atom. The van der Waals surface area contributed by atoms with Crippen LogP contribution in [0.2, 0.25) is 0 Å². The first-order valence-corrected chi connectivity index (χ1v) is 8.87. The zero-order valence-corrected chi connectivity index (χ0v) is 14.9. The number of benzene rings is 2. The van der Waals surface area contributed by atoms with Gasteiger partial charge in [-0.15, -0.1) is 0 Å². The lowest BCUT2D eigenvalue weighted by Crippen LogP contribution is -2.18. The topological polar surface area (TPSA) is 72.5 Å². The number of hydrogen-bond acceptors (Lipinski definition) is 4. The maximum Gasteiger partial charge on any atom is 0.339 e. The molecule has 0 aliphatic carbocycles. The van der Waals surface area contributed by atoms with Crippen LogP contribution >= 0.6 is 22.6 Å². The van der Waals surface area contributed by atoms with Crippen molar-refractivity contribution in [3.63, 3.8) is 0 Å². The molecule has 0 unspecified atom stereocenters. The predicted octanol–water partition coefficient (Wildman–Crippen LogP) is 3.19. The number of anilines is 1. The highest BCUT2D eigenvalue weighted by Gasteiger charge is 2.23. The van der Waals surface area contributed by atoms with Gasteiger partial charge in [0, 0.05) is 3.57 Å². The molecule has 0 aliphatic rings. The molecule has 0 saturated heterocycles. The third-order valence-electron chi connectivity index (χ3n) is 3.01. The lowest BCUT2D eigenvalue weighted by molar-refractivity contribution is 0.0596. The summed E-state index contributed by atoms with van der Waals surface area (Å²) in [5.41, 5.74) is 1.27. The van der Waals surface area contributed by atoms with Gasteiger partial charge in [-0.2, -0.15) is 0 Å². The van der Waals surface area contributed by atoms with E-state index in [1.54, 1.807) is 24.3 Å². The van der Waals surface area contributed by atoms with E-state index in [4.69, 9.17) is 0 Å². The quantitative estimate of drug-likeness (QED) is 0.597. The van der Waals surface area contributed by atoms with Crippen molar-refractivity contribution in [3.05, 3.63) is 57.2 Å². The van der Waals surface area contributed by atoms with Crippen LogP contribution in [-0.4, -0.2) is 21.5 Å². The van der Waals surface area contributed by atoms with Crippen LogP contribution in [0, 0.1) is 10.5 Å². The molecule has 0 heterocycles. The lowest BCUT2D eigenvalue weighted by atomic mass is 10.2. The third kappa shape index (κ3) is 3.58. The highest BCUT2D eigenvalue weighted by molar-refractivity contribution is 14.1. The van der Waals surface area contributed by atoms with Crippen LogP contribution in [0.25, 0.3) is 0 Å². The zero-order valence-electron chi connectivity index (χ0n) is 12.0. The maximum absolute atomic E-state index is 12.6. The molecule has 22 heavy (non-hydrogen) atoms. The number of methoxy groups -OCH3 is 1. The summed E-state index contributed by atoms with van der Waals surface area (Å²) >= 11 is 2.15. The van der Waals surface area contributed by atoms with Crippen LogP contribution in [0.1, 0.15) is 15.9 Å². The smallest absolute Gasteiger partial charge is 0.339 e. The molecule has 2 aromatic carbocycles. The van der Waals surface area contributed by atoms with E-state index in [0.717, 1.165) is 9.13 Å². The van der Waals surface area contributed by atoms with Crippen molar-refractivity contribution in [2.75, 3.05) is 11.8 Å². The van der Waals surface area contributed by atoms with Crippen molar-refractivity contribution in [2.45, 2.75) is 11.8 Å². The molecule has 0 spiro atoms. The number of halogens is 1. The van der Waals surface area contributed by atoms with Gasteiger partial charge < -0.3 is 4.74 Å². The van der Waals surface area contributed by atoms with E-state index in [1.807, 2.05) is 13.0 Å². The SMILES string of the molecule is COC(=O)c1ccccc1S(=O)(=O)Nc1ccc(I)cc1C. The Balaban J connectivity index is 2.45. The van der Waals surface area contributed by atoms with Gasteiger partial charge in [0.05, 0.1) is 18.4 Å². The fourth-order valence-corrected chi connectivity index (χ4v) is 3.89.